The molecule has 0 amide bonds. The van der Waals surface area contributed by atoms with Gasteiger partial charge in [0.05, 0.1) is 15.7 Å². The predicted octanol–water partition coefficient (Wildman–Crippen LogP) is 4.49. The van der Waals surface area contributed by atoms with Crippen molar-refractivity contribution in [3.05, 3.63) is 45.3 Å². The SMILES string of the molecule is Cc1cc(Nc2cccc(Cl)c2Cl)nc(Cl)n1. The molecule has 0 aliphatic carbocycles. The van der Waals surface area contributed by atoms with Crippen LogP contribution in [0.5, 0.6) is 0 Å². The molecule has 3 nitrogen and oxygen atoms in total. The van der Waals surface area contributed by atoms with Gasteiger partial charge in [0.25, 0.3) is 0 Å². The topological polar surface area (TPSA) is 37.8 Å². The van der Waals surface area contributed by atoms with Crippen LogP contribution in [0.4, 0.5) is 11.5 Å². The fraction of sp³-hybridized carbons (Fsp3) is 0.0909. The highest BCUT2D eigenvalue weighted by Gasteiger charge is 2.06. The number of nitrogens with zero attached hydrogens (tertiary/aromatic N) is 2. The molecule has 2 aromatic rings. The Balaban J connectivity index is 2.34. The molecule has 17 heavy (non-hydrogen) atoms. The maximum absolute atomic E-state index is 6.05. The van der Waals surface area contributed by atoms with Crippen LogP contribution in [-0.4, -0.2) is 9.97 Å². The third kappa shape index (κ3) is 3.00. The maximum Gasteiger partial charge on any atom is 0.224 e. The second kappa shape index (κ2) is 5.08. The third-order valence-corrected chi connectivity index (χ3v) is 3.03. The van der Waals surface area contributed by atoms with Gasteiger partial charge < -0.3 is 5.32 Å². The summed E-state index contributed by atoms with van der Waals surface area (Å²) in [6.07, 6.45) is 0. The molecule has 1 aromatic carbocycles. The number of aryl methyl sites for hydroxylation is 1. The number of hydrogen-bond donors (Lipinski definition) is 1. The number of anilines is 2. The van der Waals surface area contributed by atoms with Gasteiger partial charge in [0, 0.05) is 11.8 Å². The third-order valence-electron chi connectivity index (χ3n) is 2.04. The van der Waals surface area contributed by atoms with E-state index < -0.39 is 0 Å². The Kier molecular flexibility index (Phi) is 3.72. The fourth-order valence-electron chi connectivity index (χ4n) is 1.33. The maximum atomic E-state index is 6.05. The Morgan fingerprint density at radius 1 is 1.12 bits per heavy atom. The Bertz CT molecular complexity index is 537. The van der Waals surface area contributed by atoms with Gasteiger partial charge in [0.2, 0.25) is 5.28 Å². The quantitative estimate of drug-likeness (QED) is 0.827. The normalized spacial score (nSPS) is 10.4. The van der Waals surface area contributed by atoms with Gasteiger partial charge in [-0.2, -0.15) is 0 Å². The van der Waals surface area contributed by atoms with E-state index in [4.69, 9.17) is 34.8 Å². The molecule has 0 atom stereocenters. The van der Waals surface area contributed by atoms with Crippen LogP contribution < -0.4 is 5.32 Å². The van der Waals surface area contributed by atoms with Gasteiger partial charge in [-0.05, 0) is 30.7 Å². The Hall–Kier alpha value is -1.03. The Labute approximate surface area is 114 Å². The van der Waals surface area contributed by atoms with Crippen LogP contribution in [0, 0.1) is 6.92 Å². The first-order chi connectivity index (χ1) is 8.06. The molecule has 0 spiro atoms. The molecule has 0 radical (unpaired) electrons. The Morgan fingerprint density at radius 2 is 1.88 bits per heavy atom. The van der Waals surface area contributed by atoms with Gasteiger partial charge in [-0.3, -0.25) is 0 Å². The zero-order valence-corrected chi connectivity index (χ0v) is 11.1. The standard InChI is InChI=1S/C11H8Cl3N3/c1-6-5-9(17-11(14)15-6)16-8-4-2-3-7(12)10(8)13/h2-5H,1H3,(H,15,16,17). The van der Waals surface area contributed by atoms with Crippen LogP contribution in [-0.2, 0) is 0 Å². The molecule has 1 N–H and O–H groups in total. The lowest BCUT2D eigenvalue weighted by molar-refractivity contribution is 1.10. The van der Waals surface area contributed by atoms with Crippen LogP contribution in [0.15, 0.2) is 24.3 Å². The number of nitrogens with one attached hydrogen (secondary N) is 1. The lowest BCUT2D eigenvalue weighted by atomic mass is 10.3. The summed E-state index contributed by atoms with van der Waals surface area (Å²) in [7, 11) is 0. The van der Waals surface area contributed by atoms with Crippen LogP contribution in [0.2, 0.25) is 15.3 Å². The van der Waals surface area contributed by atoms with Gasteiger partial charge in [0.1, 0.15) is 5.82 Å². The second-order valence-electron chi connectivity index (χ2n) is 3.39. The molecule has 0 fully saturated rings. The average Bonchev–Trinajstić information content (AvgIpc) is 2.23. The van der Waals surface area contributed by atoms with Crippen LogP contribution in [0.1, 0.15) is 5.69 Å². The lowest BCUT2D eigenvalue weighted by Crippen LogP contribution is -1.97. The molecule has 0 aliphatic heterocycles. The van der Waals surface area contributed by atoms with E-state index in [2.05, 4.69) is 15.3 Å². The minimum absolute atomic E-state index is 0.186. The fourth-order valence-corrected chi connectivity index (χ4v) is 1.91. The molecule has 0 unspecified atom stereocenters. The highest BCUT2D eigenvalue weighted by Crippen LogP contribution is 2.31. The highest BCUT2D eigenvalue weighted by molar-refractivity contribution is 6.43. The van der Waals surface area contributed by atoms with Gasteiger partial charge in [-0.15, -0.1) is 0 Å². The van der Waals surface area contributed by atoms with Crippen molar-refractivity contribution in [3.8, 4) is 0 Å². The summed E-state index contributed by atoms with van der Waals surface area (Å²) in [6, 6.07) is 7.09. The monoisotopic (exact) mass is 287 g/mol. The van der Waals surface area contributed by atoms with Crippen LogP contribution in [0.3, 0.4) is 0 Å². The van der Waals surface area contributed by atoms with E-state index in [-0.39, 0.29) is 5.28 Å². The lowest BCUT2D eigenvalue weighted by Gasteiger charge is -2.09. The molecule has 88 valence electrons. The molecular formula is C11H8Cl3N3. The molecule has 1 heterocycles. The van der Waals surface area contributed by atoms with Crippen molar-refractivity contribution in [1.29, 1.82) is 0 Å². The predicted molar refractivity (Wildman–Crippen MR) is 71.5 cm³/mol. The summed E-state index contributed by atoms with van der Waals surface area (Å²) in [5, 5.41) is 4.15. The first kappa shape index (κ1) is 12.4. The van der Waals surface area contributed by atoms with Crippen molar-refractivity contribution < 1.29 is 0 Å². The number of benzene rings is 1. The highest BCUT2D eigenvalue weighted by atomic mass is 35.5. The van der Waals surface area contributed by atoms with E-state index in [9.17, 15) is 0 Å². The van der Waals surface area contributed by atoms with E-state index >= 15 is 0 Å². The minimum Gasteiger partial charge on any atom is -0.339 e. The van der Waals surface area contributed by atoms with Crippen molar-refractivity contribution in [1.82, 2.24) is 9.97 Å². The number of rotatable bonds is 2. The molecule has 0 saturated carbocycles. The van der Waals surface area contributed by atoms with Crippen LogP contribution in [0.25, 0.3) is 0 Å². The molecule has 2 rings (SSSR count). The van der Waals surface area contributed by atoms with E-state index in [1.54, 1.807) is 24.3 Å². The summed E-state index contributed by atoms with van der Waals surface area (Å²) >= 11 is 17.7. The van der Waals surface area contributed by atoms with Crippen molar-refractivity contribution in [2.75, 3.05) is 5.32 Å². The summed E-state index contributed by atoms with van der Waals surface area (Å²) in [5.41, 5.74) is 1.44. The smallest absolute Gasteiger partial charge is 0.224 e. The largest absolute Gasteiger partial charge is 0.339 e. The second-order valence-corrected chi connectivity index (χ2v) is 4.51. The summed E-state index contributed by atoms with van der Waals surface area (Å²) in [5.74, 6) is 0.576. The van der Waals surface area contributed by atoms with Crippen molar-refractivity contribution in [2.45, 2.75) is 6.92 Å². The van der Waals surface area contributed by atoms with Crippen molar-refractivity contribution >= 4 is 46.3 Å². The van der Waals surface area contributed by atoms with Crippen molar-refractivity contribution in [2.24, 2.45) is 0 Å². The zero-order chi connectivity index (χ0) is 12.4. The molecule has 1 aromatic heterocycles. The van der Waals surface area contributed by atoms with Gasteiger partial charge in [-0.25, -0.2) is 9.97 Å². The number of hydrogen-bond acceptors (Lipinski definition) is 3. The van der Waals surface area contributed by atoms with E-state index in [1.165, 1.54) is 0 Å². The molecule has 0 bridgehead atoms. The van der Waals surface area contributed by atoms with E-state index in [1.807, 2.05) is 6.92 Å². The summed E-state index contributed by atoms with van der Waals surface area (Å²) < 4.78 is 0. The Morgan fingerprint density at radius 3 is 2.59 bits per heavy atom. The molecule has 0 aliphatic rings. The van der Waals surface area contributed by atoms with Gasteiger partial charge >= 0.3 is 0 Å². The van der Waals surface area contributed by atoms with Crippen molar-refractivity contribution in [3.63, 3.8) is 0 Å². The summed E-state index contributed by atoms with van der Waals surface area (Å²) in [6.45, 7) is 1.83. The molecular weight excluding hydrogens is 281 g/mol. The van der Waals surface area contributed by atoms with Gasteiger partial charge in [0.15, 0.2) is 0 Å². The number of halogens is 3. The van der Waals surface area contributed by atoms with E-state index in [0.717, 1.165) is 5.69 Å². The number of aromatic nitrogens is 2. The van der Waals surface area contributed by atoms with E-state index in [0.29, 0.717) is 21.6 Å². The zero-order valence-electron chi connectivity index (χ0n) is 8.84. The summed E-state index contributed by atoms with van der Waals surface area (Å²) in [4.78, 5) is 8.01. The molecule has 6 heteroatoms. The average molecular weight is 289 g/mol. The first-order valence-electron chi connectivity index (χ1n) is 4.78. The van der Waals surface area contributed by atoms with Gasteiger partial charge in [-0.1, -0.05) is 29.3 Å². The minimum atomic E-state index is 0.186. The molecule has 0 saturated heterocycles. The van der Waals surface area contributed by atoms with Crippen LogP contribution >= 0.6 is 34.8 Å². The first-order valence-corrected chi connectivity index (χ1v) is 5.92.